The maximum absolute atomic E-state index is 13.0. The van der Waals surface area contributed by atoms with Crippen LogP contribution in [0.3, 0.4) is 0 Å². The van der Waals surface area contributed by atoms with Crippen LogP contribution in [0.25, 0.3) is 0 Å². The molecule has 1 saturated heterocycles. The Morgan fingerprint density at radius 3 is 2.48 bits per heavy atom. The van der Waals surface area contributed by atoms with E-state index in [1.165, 1.54) is 12.1 Å². The van der Waals surface area contributed by atoms with Crippen molar-refractivity contribution >= 4 is 6.09 Å². The Balaban J connectivity index is 1.99. The minimum atomic E-state index is -0.505. The van der Waals surface area contributed by atoms with E-state index in [2.05, 4.69) is 0 Å². The number of carbonyl (C=O) groups excluding carboxylic acids is 1. The summed E-state index contributed by atoms with van der Waals surface area (Å²) in [5, 5.41) is 0. The fourth-order valence-corrected chi connectivity index (χ4v) is 2.60. The zero-order valence-corrected chi connectivity index (χ0v) is 12.8. The molecular formula is C16H23FN2O2. The number of halogens is 1. The lowest BCUT2D eigenvalue weighted by atomic mass is 9.86. The monoisotopic (exact) mass is 294 g/mol. The molecule has 1 aliphatic rings. The molecule has 2 rings (SSSR count). The summed E-state index contributed by atoms with van der Waals surface area (Å²) in [5.41, 5.74) is 6.71. The summed E-state index contributed by atoms with van der Waals surface area (Å²) < 4.78 is 18.3. The van der Waals surface area contributed by atoms with Gasteiger partial charge >= 0.3 is 6.09 Å². The maximum atomic E-state index is 13.0. The molecule has 0 aliphatic carbocycles. The van der Waals surface area contributed by atoms with Crippen LogP contribution in [0.1, 0.15) is 38.7 Å². The number of hydrogen-bond donors (Lipinski definition) is 1. The molecular weight excluding hydrogens is 271 g/mol. The fraction of sp³-hybridized carbons (Fsp3) is 0.562. The quantitative estimate of drug-likeness (QED) is 0.866. The zero-order valence-electron chi connectivity index (χ0n) is 12.8. The van der Waals surface area contributed by atoms with Crippen LogP contribution < -0.4 is 5.73 Å². The second-order valence-electron chi connectivity index (χ2n) is 6.54. The highest BCUT2D eigenvalue weighted by atomic mass is 19.1. The average Bonchev–Trinajstić information content (AvgIpc) is 2.38. The zero-order chi connectivity index (χ0) is 15.6. The lowest BCUT2D eigenvalue weighted by molar-refractivity contribution is 0.0186. The lowest BCUT2D eigenvalue weighted by Gasteiger charge is -2.37. The van der Waals surface area contributed by atoms with E-state index in [0.717, 1.165) is 12.0 Å². The van der Waals surface area contributed by atoms with Crippen LogP contribution in [0.4, 0.5) is 9.18 Å². The summed E-state index contributed by atoms with van der Waals surface area (Å²) in [7, 11) is 0. The number of nitrogens with two attached hydrogens (primary N) is 1. The molecule has 1 heterocycles. The van der Waals surface area contributed by atoms with Crippen LogP contribution >= 0.6 is 0 Å². The minimum Gasteiger partial charge on any atom is -0.444 e. The van der Waals surface area contributed by atoms with E-state index in [-0.39, 0.29) is 23.9 Å². The van der Waals surface area contributed by atoms with Gasteiger partial charge in [-0.15, -0.1) is 0 Å². The molecule has 0 radical (unpaired) electrons. The van der Waals surface area contributed by atoms with Gasteiger partial charge in [0.2, 0.25) is 0 Å². The van der Waals surface area contributed by atoms with Gasteiger partial charge in [-0.25, -0.2) is 9.18 Å². The van der Waals surface area contributed by atoms with Gasteiger partial charge in [0.15, 0.2) is 0 Å². The Kier molecular flexibility index (Phi) is 4.52. The van der Waals surface area contributed by atoms with E-state index in [9.17, 15) is 9.18 Å². The van der Waals surface area contributed by atoms with Gasteiger partial charge < -0.3 is 15.4 Å². The third-order valence-electron chi connectivity index (χ3n) is 3.61. The number of likely N-dealkylation sites (tertiary alicyclic amines) is 1. The Hall–Kier alpha value is -1.62. The molecule has 4 nitrogen and oxygen atoms in total. The van der Waals surface area contributed by atoms with Gasteiger partial charge in [0.25, 0.3) is 0 Å². The first-order valence-electron chi connectivity index (χ1n) is 7.25. The largest absolute Gasteiger partial charge is 0.444 e. The summed E-state index contributed by atoms with van der Waals surface area (Å²) in [6.07, 6.45) is 0.432. The number of ether oxygens (including phenoxy) is 1. The highest BCUT2D eigenvalue weighted by Crippen LogP contribution is 2.28. The molecule has 1 fully saturated rings. The second kappa shape index (κ2) is 6.02. The van der Waals surface area contributed by atoms with Crippen molar-refractivity contribution in [1.29, 1.82) is 0 Å². The van der Waals surface area contributed by atoms with Crippen LogP contribution in [-0.4, -0.2) is 35.7 Å². The van der Waals surface area contributed by atoms with Crippen molar-refractivity contribution in [1.82, 2.24) is 4.90 Å². The van der Waals surface area contributed by atoms with E-state index < -0.39 is 5.60 Å². The highest BCUT2D eigenvalue weighted by molar-refractivity contribution is 5.68. The van der Waals surface area contributed by atoms with Crippen molar-refractivity contribution in [3.8, 4) is 0 Å². The molecule has 116 valence electrons. The van der Waals surface area contributed by atoms with Crippen molar-refractivity contribution < 1.29 is 13.9 Å². The van der Waals surface area contributed by atoms with Gasteiger partial charge in [0.05, 0.1) is 0 Å². The molecule has 0 spiro atoms. The number of carbonyl (C=O) groups is 1. The topological polar surface area (TPSA) is 55.6 Å². The van der Waals surface area contributed by atoms with Crippen LogP contribution in [-0.2, 0) is 4.74 Å². The smallest absolute Gasteiger partial charge is 0.410 e. The summed E-state index contributed by atoms with van der Waals surface area (Å²) in [6.45, 7) is 6.59. The molecule has 1 aliphatic heterocycles. The first kappa shape index (κ1) is 15.8. The number of amides is 1. The van der Waals surface area contributed by atoms with Gasteiger partial charge in [-0.05, 0) is 44.9 Å². The highest BCUT2D eigenvalue weighted by Gasteiger charge is 2.32. The summed E-state index contributed by atoms with van der Waals surface area (Å²) in [5.74, 6) is -0.109. The molecule has 0 saturated carbocycles. The molecule has 0 unspecified atom stereocenters. The van der Waals surface area contributed by atoms with Crippen LogP contribution in [0.2, 0.25) is 0 Å². The van der Waals surface area contributed by atoms with Crippen molar-refractivity contribution in [2.75, 3.05) is 13.1 Å². The van der Waals surface area contributed by atoms with Crippen molar-refractivity contribution in [3.63, 3.8) is 0 Å². The lowest BCUT2D eigenvalue weighted by Crippen LogP contribution is -2.50. The molecule has 2 atom stereocenters. The SMILES string of the molecule is CC(C)(C)OC(=O)N1CC[C@@H](c2ccc(F)cc2)[C@@H](N)C1. The summed E-state index contributed by atoms with van der Waals surface area (Å²) in [6, 6.07) is 6.26. The normalized spacial score (nSPS) is 23.0. The van der Waals surface area contributed by atoms with Gasteiger partial charge in [-0.3, -0.25) is 0 Å². The minimum absolute atomic E-state index is 0.143. The predicted octanol–water partition coefficient (Wildman–Crippen LogP) is 2.88. The summed E-state index contributed by atoms with van der Waals surface area (Å²) in [4.78, 5) is 13.7. The fourth-order valence-electron chi connectivity index (χ4n) is 2.60. The Bertz CT molecular complexity index is 496. The van der Waals surface area contributed by atoms with Crippen LogP contribution in [0.15, 0.2) is 24.3 Å². The van der Waals surface area contributed by atoms with E-state index in [1.54, 1.807) is 17.0 Å². The van der Waals surface area contributed by atoms with Crippen LogP contribution in [0, 0.1) is 5.82 Å². The van der Waals surface area contributed by atoms with E-state index in [1.807, 2.05) is 20.8 Å². The van der Waals surface area contributed by atoms with E-state index in [0.29, 0.717) is 13.1 Å². The summed E-state index contributed by atoms with van der Waals surface area (Å²) >= 11 is 0. The predicted molar refractivity (Wildman–Crippen MR) is 79.5 cm³/mol. The average molecular weight is 294 g/mol. The van der Waals surface area contributed by atoms with E-state index in [4.69, 9.17) is 10.5 Å². The molecule has 1 aromatic rings. The number of benzene rings is 1. The maximum Gasteiger partial charge on any atom is 0.410 e. The van der Waals surface area contributed by atoms with Gasteiger partial charge in [-0.1, -0.05) is 12.1 Å². The number of rotatable bonds is 1. The van der Waals surface area contributed by atoms with E-state index >= 15 is 0 Å². The van der Waals surface area contributed by atoms with Crippen molar-refractivity contribution in [2.24, 2.45) is 5.73 Å². The number of hydrogen-bond acceptors (Lipinski definition) is 3. The van der Waals surface area contributed by atoms with Gasteiger partial charge in [0.1, 0.15) is 11.4 Å². The molecule has 21 heavy (non-hydrogen) atoms. The Labute approximate surface area is 125 Å². The molecule has 2 N–H and O–H groups in total. The van der Waals surface area contributed by atoms with Crippen LogP contribution in [0.5, 0.6) is 0 Å². The number of piperidine rings is 1. The molecule has 1 amide bonds. The third kappa shape index (κ3) is 4.17. The standard InChI is InChI=1S/C16H23FN2O2/c1-16(2,3)21-15(20)19-9-8-13(14(18)10-19)11-4-6-12(17)7-5-11/h4-7,13-14H,8-10,18H2,1-3H3/t13-,14-/m0/s1. The van der Waals surface area contributed by atoms with Crippen molar-refractivity contribution in [3.05, 3.63) is 35.6 Å². The van der Waals surface area contributed by atoms with Gasteiger partial charge in [-0.2, -0.15) is 0 Å². The molecule has 5 heteroatoms. The van der Waals surface area contributed by atoms with Crippen molar-refractivity contribution in [2.45, 2.75) is 44.8 Å². The molecule has 0 aromatic heterocycles. The molecule has 0 bridgehead atoms. The second-order valence-corrected chi connectivity index (χ2v) is 6.54. The van der Waals surface area contributed by atoms with Gasteiger partial charge in [0, 0.05) is 25.0 Å². The first-order chi connectivity index (χ1) is 9.76. The first-order valence-corrected chi connectivity index (χ1v) is 7.25. The Morgan fingerprint density at radius 1 is 1.33 bits per heavy atom. The number of nitrogens with zero attached hydrogens (tertiary/aromatic N) is 1. The molecule has 1 aromatic carbocycles. The third-order valence-corrected chi connectivity index (χ3v) is 3.61. The Morgan fingerprint density at radius 2 is 1.95 bits per heavy atom.